The summed E-state index contributed by atoms with van der Waals surface area (Å²) in [6.45, 7) is 1.94. The van der Waals surface area contributed by atoms with Gasteiger partial charge in [0.05, 0.1) is 15.6 Å². The zero-order valence-electron chi connectivity index (χ0n) is 10.8. The van der Waals surface area contributed by atoms with Crippen LogP contribution >= 0.6 is 46.4 Å². The molecule has 3 aromatic rings. The van der Waals surface area contributed by atoms with Crippen molar-refractivity contribution in [3.8, 4) is 11.4 Å². The summed E-state index contributed by atoms with van der Waals surface area (Å²) < 4.78 is 0. The highest BCUT2D eigenvalue weighted by molar-refractivity contribution is 6.39. The van der Waals surface area contributed by atoms with Crippen molar-refractivity contribution >= 4 is 57.3 Å². The Hall–Kier alpha value is -1.06. The third kappa shape index (κ3) is 2.82. The lowest BCUT2D eigenvalue weighted by Gasteiger charge is -2.08. The normalized spacial score (nSPS) is 11.1. The quantitative estimate of drug-likeness (QED) is 0.483. The first-order valence-electron chi connectivity index (χ1n) is 6.04. The van der Waals surface area contributed by atoms with Crippen LogP contribution in [-0.2, 0) is 0 Å². The summed E-state index contributed by atoms with van der Waals surface area (Å²) in [4.78, 5) is 8.79. The van der Waals surface area contributed by atoms with Crippen molar-refractivity contribution in [3.05, 3.63) is 56.1 Å². The summed E-state index contributed by atoms with van der Waals surface area (Å²) in [6, 6.07) is 8.85. The summed E-state index contributed by atoms with van der Waals surface area (Å²) >= 11 is 24.6. The van der Waals surface area contributed by atoms with Gasteiger partial charge in [0, 0.05) is 16.0 Å². The van der Waals surface area contributed by atoms with Crippen LogP contribution in [0.15, 0.2) is 30.3 Å². The van der Waals surface area contributed by atoms with Crippen molar-refractivity contribution in [2.24, 2.45) is 0 Å². The summed E-state index contributed by atoms with van der Waals surface area (Å²) in [5.74, 6) is 0.417. The van der Waals surface area contributed by atoms with Gasteiger partial charge in [-0.1, -0.05) is 46.4 Å². The van der Waals surface area contributed by atoms with E-state index in [4.69, 9.17) is 46.4 Å². The fourth-order valence-corrected chi connectivity index (χ4v) is 3.11. The molecule has 0 atom stereocenters. The molecule has 0 aliphatic rings. The van der Waals surface area contributed by atoms with E-state index < -0.39 is 0 Å². The first-order valence-corrected chi connectivity index (χ1v) is 7.55. The molecule has 0 fully saturated rings. The van der Waals surface area contributed by atoms with Crippen molar-refractivity contribution in [1.82, 2.24) is 9.97 Å². The SMILES string of the molecule is Cc1cc(Cl)c2nc(-c3ccc(Cl)cc3Cl)nc(Cl)c2c1. The summed E-state index contributed by atoms with van der Waals surface area (Å²) in [5, 5.41) is 2.59. The highest BCUT2D eigenvalue weighted by Crippen LogP contribution is 2.33. The second-order valence-corrected chi connectivity index (χ2v) is 6.21. The van der Waals surface area contributed by atoms with Gasteiger partial charge in [0.15, 0.2) is 5.82 Å². The molecule has 0 saturated heterocycles. The number of halogens is 4. The molecule has 0 unspecified atom stereocenters. The Balaban J connectivity index is 2.30. The fourth-order valence-electron chi connectivity index (χ4n) is 2.08. The van der Waals surface area contributed by atoms with Gasteiger partial charge >= 0.3 is 0 Å². The molecule has 0 spiro atoms. The number of hydrogen-bond donors (Lipinski definition) is 0. The van der Waals surface area contributed by atoms with E-state index in [0.717, 1.165) is 10.9 Å². The van der Waals surface area contributed by atoms with Crippen LogP contribution in [0.4, 0.5) is 0 Å². The van der Waals surface area contributed by atoms with E-state index in [0.29, 0.717) is 37.1 Å². The predicted molar refractivity (Wildman–Crippen MR) is 89.8 cm³/mol. The van der Waals surface area contributed by atoms with Crippen LogP contribution < -0.4 is 0 Å². The monoisotopic (exact) mass is 356 g/mol. The van der Waals surface area contributed by atoms with Crippen molar-refractivity contribution in [2.45, 2.75) is 6.92 Å². The second kappa shape index (κ2) is 5.62. The van der Waals surface area contributed by atoms with Crippen LogP contribution in [0.5, 0.6) is 0 Å². The Morgan fingerprint density at radius 1 is 0.857 bits per heavy atom. The first kappa shape index (κ1) is 14.9. The Kier molecular flexibility index (Phi) is 3.98. The molecule has 0 amide bonds. The first-order chi connectivity index (χ1) is 9.95. The second-order valence-electron chi connectivity index (χ2n) is 4.61. The van der Waals surface area contributed by atoms with Crippen LogP contribution in [0.2, 0.25) is 20.2 Å². The molecule has 0 saturated carbocycles. The minimum atomic E-state index is 0.339. The summed E-state index contributed by atoms with van der Waals surface area (Å²) in [6.07, 6.45) is 0. The smallest absolute Gasteiger partial charge is 0.163 e. The van der Waals surface area contributed by atoms with Crippen molar-refractivity contribution in [2.75, 3.05) is 0 Å². The van der Waals surface area contributed by atoms with E-state index in [9.17, 15) is 0 Å². The van der Waals surface area contributed by atoms with Crippen LogP contribution in [0.3, 0.4) is 0 Å². The minimum Gasteiger partial charge on any atom is -0.226 e. The van der Waals surface area contributed by atoms with Gasteiger partial charge < -0.3 is 0 Å². The molecule has 0 aliphatic carbocycles. The van der Waals surface area contributed by atoms with Gasteiger partial charge in [-0.3, -0.25) is 0 Å². The molecule has 0 aliphatic heterocycles. The number of fused-ring (bicyclic) bond motifs is 1. The molecular weight excluding hydrogens is 350 g/mol. The van der Waals surface area contributed by atoms with E-state index in [1.165, 1.54) is 0 Å². The maximum absolute atomic E-state index is 6.26. The highest BCUT2D eigenvalue weighted by atomic mass is 35.5. The van der Waals surface area contributed by atoms with Crippen molar-refractivity contribution < 1.29 is 0 Å². The summed E-state index contributed by atoms with van der Waals surface area (Å²) in [5.41, 5.74) is 2.25. The third-order valence-corrected chi connectivity index (χ3v) is 4.15. The van der Waals surface area contributed by atoms with Gasteiger partial charge in [-0.05, 0) is 42.8 Å². The molecule has 1 aromatic heterocycles. The molecule has 3 rings (SSSR count). The van der Waals surface area contributed by atoms with Crippen LogP contribution in [0.25, 0.3) is 22.3 Å². The molecule has 106 valence electrons. The topological polar surface area (TPSA) is 25.8 Å². The maximum Gasteiger partial charge on any atom is 0.163 e. The molecule has 2 aromatic carbocycles. The minimum absolute atomic E-state index is 0.339. The number of nitrogens with zero attached hydrogens (tertiary/aromatic N) is 2. The number of rotatable bonds is 1. The van der Waals surface area contributed by atoms with E-state index >= 15 is 0 Å². The highest BCUT2D eigenvalue weighted by Gasteiger charge is 2.13. The van der Waals surface area contributed by atoms with Crippen molar-refractivity contribution in [3.63, 3.8) is 0 Å². The van der Waals surface area contributed by atoms with Crippen LogP contribution in [-0.4, -0.2) is 9.97 Å². The number of aryl methyl sites for hydroxylation is 1. The standard InChI is InChI=1S/C15H8Cl4N2/c1-7-4-10-13(12(18)5-7)20-15(21-14(10)19)9-3-2-8(16)6-11(9)17/h2-6H,1H3. The van der Waals surface area contributed by atoms with E-state index in [-0.39, 0.29) is 0 Å². The fraction of sp³-hybridized carbons (Fsp3) is 0.0667. The zero-order valence-corrected chi connectivity index (χ0v) is 13.8. The predicted octanol–water partition coefficient (Wildman–Crippen LogP) is 6.22. The average Bonchev–Trinajstić information content (AvgIpc) is 2.40. The molecule has 21 heavy (non-hydrogen) atoms. The number of aromatic nitrogens is 2. The molecule has 6 heteroatoms. The van der Waals surface area contributed by atoms with Gasteiger partial charge in [-0.2, -0.15) is 0 Å². The molecular formula is C15H8Cl4N2. The lowest BCUT2D eigenvalue weighted by atomic mass is 10.1. The van der Waals surface area contributed by atoms with E-state index in [1.54, 1.807) is 18.2 Å². The Morgan fingerprint density at radius 3 is 2.33 bits per heavy atom. The van der Waals surface area contributed by atoms with Crippen LogP contribution in [0.1, 0.15) is 5.56 Å². The lowest BCUT2D eigenvalue weighted by molar-refractivity contribution is 1.22. The van der Waals surface area contributed by atoms with Crippen LogP contribution in [0, 0.1) is 6.92 Å². The lowest BCUT2D eigenvalue weighted by Crippen LogP contribution is -1.94. The van der Waals surface area contributed by atoms with E-state index in [1.807, 2.05) is 19.1 Å². The Morgan fingerprint density at radius 2 is 1.62 bits per heavy atom. The Labute approximate surface area is 141 Å². The number of hydrogen-bond acceptors (Lipinski definition) is 2. The summed E-state index contributed by atoms with van der Waals surface area (Å²) in [7, 11) is 0. The largest absolute Gasteiger partial charge is 0.226 e. The molecule has 0 N–H and O–H groups in total. The molecule has 0 radical (unpaired) electrons. The van der Waals surface area contributed by atoms with Crippen molar-refractivity contribution in [1.29, 1.82) is 0 Å². The maximum atomic E-state index is 6.26. The van der Waals surface area contributed by atoms with Gasteiger partial charge in [-0.15, -0.1) is 0 Å². The van der Waals surface area contributed by atoms with Gasteiger partial charge in [0.2, 0.25) is 0 Å². The molecule has 0 bridgehead atoms. The zero-order chi connectivity index (χ0) is 15.1. The average molecular weight is 358 g/mol. The van der Waals surface area contributed by atoms with Gasteiger partial charge in [0.1, 0.15) is 5.15 Å². The Bertz CT molecular complexity index is 862. The number of benzene rings is 2. The van der Waals surface area contributed by atoms with Gasteiger partial charge in [-0.25, -0.2) is 9.97 Å². The molecule has 2 nitrogen and oxygen atoms in total. The van der Waals surface area contributed by atoms with Gasteiger partial charge in [0.25, 0.3) is 0 Å². The molecule has 1 heterocycles. The van der Waals surface area contributed by atoms with E-state index in [2.05, 4.69) is 9.97 Å². The third-order valence-electron chi connectivity index (χ3n) is 3.02.